The summed E-state index contributed by atoms with van der Waals surface area (Å²) in [6, 6.07) is 0.290. The van der Waals surface area contributed by atoms with E-state index < -0.39 is 0 Å². The third kappa shape index (κ3) is 3.35. The number of ketones is 1. The lowest BCUT2D eigenvalue weighted by Crippen LogP contribution is -2.39. The topological polar surface area (TPSA) is 32.7 Å². The molecular weight excluding hydrogens is 244 g/mol. The number of nitrogens with zero attached hydrogens (tertiary/aromatic N) is 2. The minimum Gasteiger partial charge on any atom is -0.302 e. The number of hydrogen-bond acceptors (Lipinski definition) is 4. The molecule has 0 N–H and O–H groups in total. The molecule has 3 nitrogen and oxygen atoms in total. The van der Waals surface area contributed by atoms with Crippen molar-refractivity contribution in [2.45, 2.75) is 51.3 Å². The van der Waals surface area contributed by atoms with Crippen molar-refractivity contribution in [2.75, 3.05) is 19.6 Å². The second-order valence-corrected chi connectivity index (χ2v) is 6.77. The van der Waals surface area contributed by atoms with Gasteiger partial charge in [-0.05, 0) is 38.8 Å². The van der Waals surface area contributed by atoms with Gasteiger partial charge in [0.25, 0.3) is 0 Å². The molecule has 0 radical (unpaired) electrons. The van der Waals surface area contributed by atoms with Crippen LogP contribution >= 0.6 is 11.8 Å². The normalized spacial score (nSPS) is 30.5. The van der Waals surface area contributed by atoms with Crippen LogP contribution in [0.25, 0.3) is 0 Å². The van der Waals surface area contributed by atoms with Crippen LogP contribution in [0.2, 0.25) is 0 Å². The number of carbonyl (C=O) groups is 1. The average Bonchev–Trinajstić information content (AvgIpc) is 2.72. The first-order chi connectivity index (χ1) is 8.60. The zero-order chi connectivity index (χ0) is 13.1. The van der Waals surface area contributed by atoms with Crippen molar-refractivity contribution in [3.8, 4) is 0 Å². The Morgan fingerprint density at radius 2 is 2.11 bits per heavy atom. The number of likely N-dealkylation sites (tertiary alicyclic amines) is 1. The maximum absolute atomic E-state index is 11.3. The lowest BCUT2D eigenvalue weighted by molar-refractivity contribution is -0.110. The van der Waals surface area contributed by atoms with Crippen LogP contribution in [-0.2, 0) is 4.79 Å². The van der Waals surface area contributed by atoms with Crippen LogP contribution in [0.1, 0.15) is 40.0 Å². The first-order valence-corrected chi connectivity index (χ1v) is 7.95. The highest BCUT2D eigenvalue weighted by Crippen LogP contribution is 2.29. The number of aliphatic imine (C=N–C) groups is 1. The second-order valence-electron chi connectivity index (χ2n) is 5.54. The first kappa shape index (κ1) is 14.1. The molecule has 0 aromatic heterocycles. The van der Waals surface area contributed by atoms with Crippen molar-refractivity contribution >= 4 is 22.6 Å². The van der Waals surface area contributed by atoms with Crippen LogP contribution < -0.4 is 0 Å². The summed E-state index contributed by atoms with van der Waals surface area (Å²) in [4.78, 5) is 18.4. The molecule has 0 bridgehead atoms. The summed E-state index contributed by atoms with van der Waals surface area (Å²) in [5.41, 5.74) is 0. The molecule has 18 heavy (non-hydrogen) atoms. The summed E-state index contributed by atoms with van der Waals surface area (Å²) in [7, 11) is 0. The van der Waals surface area contributed by atoms with Gasteiger partial charge in [-0.25, -0.2) is 0 Å². The minimum atomic E-state index is 0.124. The van der Waals surface area contributed by atoms with Gasteiger partial charge >= 0.3 is 0 Å². The fourth-order valence-electron chi connectivity index (χ4n) is 2.74. The molecule has 1 fully saturated rings. The van der Waals surface area contributed by atoms with Crippen molar-refractivity contribution in [1.29, 1.82) is 0 Å². The van der Waals surface area contributed by atoms with E-state index in [1.165, 1.54) is 32.4 Å². The molecule has 2 unspecified atom stereocenters. The Hall–Kier alpha value is -0.350. The smallest absolute Gasteiger partial charge is 0.184 e. The number of hydrogen-bond donors (Lipinski definition) is 0. The summed E-state index contributed by atoms with van der Waals surface area (Å²) in [5, 5.41) is 1.21. The van der Waals surface area contributed by atoms with Crippen molar-refractivity contribution in [3.05, 3.63) is 0 Å². The van der Waals surface area contributed by atoms with Gasteiger partial charge in [-0.1, -0.05) is 25.1 Å². The molecule has 0 saturated carbocycles. The molecule has 2 heterocycles. The molecule has 0 aromatic carbocycles. The molecule has 2 rings (SSSR count). The predicted molar refractivity (Wildman–Crippen MR) is 78.4 cm³/mol. The summed E-state index contributed by atoms with van der Waals surface area (Å²) < 4.78 is 0. The number of thioether (sulfide) groups is 1. The first-order valence-electron chi connectivity index (χ1n) is 7.08. The van der Waals surface area contributed by atoms with E-state index in [4.69, 9.17) is 0 Å². The second kappa shape index (κ2) is 6.20. The van der Waals surface area contributed by atoms with Crippen molar-refractivity contribution in [1.82, 2.24) is 4.90 Å². The SMILES string of the molecule is CCC1CCN(CC2SC(C(C)=O)=NC2C)CC1. The van der Waals surface area contributed by atoms with Gasteiger partial charge in [0.2, 0.25) is 0 Å². The van der Waals surface area contributed by atoms with Gasteiger partial charge in [-0.2, -0.15) is 0 Å². The molecule has 0 aromatic rings. The molecule has 1 saturated heterocycles. The fraction of sp³-hybridized carbons (Fsp3) is 0.857. The van der Waals surface area contributed by atoms with E-state index in [1.807, 2.05) is 0 Å². The zero-order valence-corrected chi connectivity index (χ0v) is 12.5. The quantitative estimate of drug-likeness (QED) is 0.785. The Balaban J connectivity index is 1.80. The standard InChI is InChI=1S/C14H24N2OS/c1-4-12-5-7-16(8-6-12)9-13-10(2)15-14(18-13)11(3)17/h10,12-13H,4-9H2,1-3H3. The van der Waals surface area contributed by atoms with Crippen LogP contribution in [-0.4, -0.2) is 46.7 Å². The van der Waals surface area contributed by atoms with E-state index >= 15 is 0 Å². The molecule has 2 aliphatic heterocycles. The van der Waals surface area contributed by atoms with E-state index in [0.29, 0.717) is 5.25 Å². The highest BCUT2D eigenvalue weighted by Gasteiger charge is 2.31. The Morgan fingerprint density at radius 3 is 2.61 bits per heavy atom. The third-order valence-electron chi connectivity index (χ3n) is 4.15. The summed E-state index contributed by atoms with van der Waals surface area (Å²) >= 11 is 1.69. The van der Waals surface area contributed by atoms with Crippen molar-refractivity contribution < 1.29 is 4.79 Å². The maximum Gasteiger partial charge on any atom is 0.184 e. The van der Waals surface area contributed by atoms with Crippen molar-refractivity contribution in [3.63, 3.8) is 0 Å². The average molecular weight is 268 g/mol. The molecular formula is C14H24N2OS. The van der Waals surface area contributed by atoms with E-state index in [-0.39, 0.29) is 11.8 Å². The highest BCUT2D eigenvalue weighted by atomic mass is 32.2. The van der Waals surface area contributed by atoms with Gasteiger partial charge in [0.1, 0.15) is 5.04 Å². The monoisotopic (exact) mass is 268 g/mol. The molecule has 0 amide bonds. The molecule has 0 aliphatic carbocycles. The molecule has 2 atom stereocenters. The van der Waals surface area contributed by atoms with E-state index in [9.17, 15) is 4.79 Å². The molecule has 0 spiro atoms. The van der Waals surface area contributed by atoms with Crippen LogP contribution in [0.5, 0.6) is 0 Å². The van der Waals surface area contributed by atoms with Crippen LogP contribution in [0.3, 0.4) is 0 Å². The maximum atomic E-state index is 11.3. The van der Waals surface area contributed by atoms with Crippen molar-refractivity contribution in [2.24, 2.45) is 10.9 Å². The lowest BCUT2D eigenvalue weighted by Gasteiger charge is -2.33. The zero-order valence-electron chi connectivity index (χ0n) is 11.7. The summed E-state index contributed by atoms with van der Waals surface area (Å²) in [5.74, 6) is 1.05. The number of piperidine rings is 1. The Morgan fingerprint density at radius 1 is 1.44 bits per heavy atom. The number of carbonyl (C=O) groups excluding carboxylic acids is 1. The summed E-state index contributed by atoms with van der Waals surface area (Å²) in [6.45, 7) is 9.57. The Bertz CT molecular complexity index is 335. The molecule has 4 heteroatoms. The Kier molecular flexibility index (Phi) is 4.84. The van der Waals surface area contributed by atoms with Crippen LogP contribution in [0, 0.1) is 5.92 Å². The summed E-state index contributed by atoms with van der Waals surface area (Å²) in [6.07, 6.45) is 3.99. The van der Waals surface area contributed by atoms with Gasteiger partial charge in [-0.15, -0.1) is 0 Å². The van der Waals surface area contributed by atoms with Crippen LogP contribution in [0.4, 0.5) is 0 Å². The van der Waals surface area contributed by atoms with E-state index in [1.54, 1.807) is 18.7 Å². The highest BCUT2D eigenvalue weighted by molar-refractivity contribution is 8.16. The minimum absolute atomic E-state index is 0.124. The van der Waals surface area contributed by atoms with Crippen LogP contribution in [0.15, 0.2) is 4.99 Å². The van der Waals surface area contributed by atoms with Gasteiger partial charge in [-0.3, -0.25) is 9.79 Å². The Labute approximate surface area is 114 Å². The molecule has 102 valence electrons. The number of Topliss-reactive ketones (excluding diaryl/α,β-unsaturated/α-hetero) is 1. The number of rotatable bonds is 4. The largest absolute Gasteiger partial charge is 0.302 e. The lowest BCUT2D eigenvalue weighted by atomic mass is 9.94. The third-order valence-corrected chi connectivity index (χ3v) is 5.61. The van der Waals surface area contributed by atoms with Gasteiger partial charge in [0.15, 0.2) is 5.78 Å². The van der Waals surface area contributed by atoms with Gasteiger partial charge < -0.3 is 4.90 Å². The predicted octanol–water partition coefficient (Wildman–Crippen LogP) is 2.60. The van der Waals surface area contributed by atoms with E-state index in [2.05, 4.69) is 23.7 Å². The molecule has 2 aliphatic rings. The van der Waals surface area contributed by atoms with E-state index in [0.717, 1.165) is 17.5 Å². The fourth-order valence-corrected chi connectivity index (χ4v) is 3.96. The van der Waals surface area contributed by atoms with Gasteiger partial charge in [0, 0.05) is 18.7 Å². The van der Waals surface area contributed by atoms with Gasteiger partial charge in [0.05, 0.1) is 6.04 Å².